The number of hydrogen-bond acceptors (Lipinski definition) is 4. The number of hydrogen-bond donors (Lipinski definition) is 1. The van der Waals surface area contributed by atoms with Gasteiger partial charge in [0, 0.05) is 0 Å². The number of furan rings is 1. The largest absolute Gasteiger partial charge is 0.444 e. The van der Waals surface area contributed by atoms with Crippen molar-refractivity contribution in [3.63, 3.8) is 0 Å². The fourth-order valence-electron chi connectivity index (χ4n) is 1.92. The van der Waals surface area contributed by atoms with Crippen molar-refractivity contribution in [2.24, 2.45) is 5.10 Å². The normalized spacial score (nSPS) is 17.2. The number of hydrazone groups is 1. The van der Waals surface area contributed by atoms with Gasteiger partial charge in [-0.05, 0) is 49.7 Å². The summed E-state index contributed by atoms with van der Waals surface area (Å²) in [6.45, 7) is 2.38. The molecule has 1 fully saturated rings. The number of piperidine rings is 1. The van der Waals surface area contributed by atoms with Crippen LogP contribution < -0.4 is 5.43 Å². The van der Waals surface area contributed by atoms with Crippen LogP contribution in [0.5, 0.6) is 0 Å². The lowest BCUT2D eigenvalue weighted by atomic mass is 10.1. The maximum Gasteiger partial charge on any atom is 0.254 e. The van der Waals surface area contributed by atoms with Crippen molar-refractivity contribution >= 4 is 23.7 Å². The van der Waals surface area contributed by atoms with E-state index >= 15 is 0 Å². The number of halogens is 1. The van der Waals surface area contributed by atoms with E-state index in [-0.39, 0.29) is 5.91 Å². The molecule has 0 aliphatic carbocycles. The number of likely N-dealkylation sites (tertiary alicyclic amines) is 1. The third-order valence-electron chi connectivity index (χ3n) is 2.79. The van der Waals surface area contributed by atoms with Crippen molar-refractivity contribution in [2.75, 3.05) is 19.6 Å². The van der Waals surface area contributed by atoms with Gasteiger partial charge < -0.3 is 4.42 Å². The number of amides is 1. The zero-order valence-electron chi connectivity index (χ0n) is 10.1. The molecule has 1 aliphatic heterocycles. The van der Waals surface area contributed by atoms with Gasteiger partial charge in [-0.2, -0.15) is 5.10 Å². The predicted octanol–water partition coefficient (Wildman–Crippen LogP) is 1.87. The van der Waals surface area contributed by atoms with Crippen molar-refractivity contribution < 1.29 is 9.21 Å². The molecule has 0 unspecified atom stereocenters. The molecule has 1 amide bonds. The molecule has 1 aromatic heterocycles. The van der Waals surface area contributed by atoms with Crippen molar-refractivity contribution in [3.8, 4) is 0 Å². The first-order valence-electron chi connectivity index (χ1n) is 6.03. The molecule has 0 spiro atoms. The molecule has 98 valence electrons. The van der Waals surface area contributed by atoms with E-state index in [1.807, 2.05) is 0 Å². The second-order valence-corrected chi connectivity index (χ2v) is 4.64. The average Bonchev–Trinajstić information content (AvgIpc) is 2.76. The van der Waals surface area contributed by atoms with Crippen LogP contribution >= 0.6 is 11.6 Å². The minimum atomic E-state index is -0.106. The van der Waals surface area contributed by atoms with Gasteiger partial charge in [-0.1, -0.05) is 6.42 Å². The number of carbonyl (C=O) groups is 1. The highest BCUT2D eigenvalue weighted by Crippen LogP contribution is 2.11. The van der Waals surface area contributed by atoms with E-state index in [0.29, 0.717) is 17.5 Å². The number of rotatable bonds is 4. The molecule has 2 heterocycles. The predicted molar refractivity (Wildman–Crippen MR) is 69.7 cm³/mol. The smallest absolute Gasteiger partial charge is 0.254 e. The van der Waals surface area contributed by atoms with Gasteiger partial charge in [0.25, 0.3) is 5.91 Å². The van der Waals surface area contributed by atoms with Gasteiger partial charge >= 0.3 is 0 Å². The van der Waals surface area contributed by atoms with Crippen LogP contribution in [-0.4, -0.2) is 36.7 Å². The summed E-state index contributed by atoms with van der Waals surface area (Å²) in [5, 5.41) is 4.12. The third kappa shape index (κ3) is 4.16. The number of nitrogens with one attached hydrogen (secondary N) is 1. The Kier molecular flexibility index (Phi) is 4.78. The monoisotopic (exact) mass is 269 g/mol. The summed E-state index contributed by atoms with van der Waals surface area (Å²) < 4.78 is 5.07. The SMILES string of the molecule is O=C(CN1CCCCC1)NN=Cc1ccc(Cl)o1. The molecular formula is C12H16ClN3O2. The highest BCUT2D eigenvalue weighted by Gasteiger charge is 2.13. The van der Waals surface area contributed by atoms with Gasteiger partial charge in [-0.3, -0.25) is 9.69 Å². The topological polar surface area (TPSA) is 57.8 Å². The van der Waals surface area contributed by atoms with Gasteiger partial charge in [-0.25, -0.2) is 5.43 Å². The molecular weight excluding hydrogens is 254 g/mol. The van der Waals surface area contributed by atoms with Gasteiger partial charge in [0.15, 0.2) is 5.22 Å². The number of carbonyl (C=O) groups excluding carboxylic acids is 1. The van der Waals surface area contributed by atoms with Gasteiger partial charge in [-0.15, -0.1) is 0 Å². The first kappa shape index (κ1) is 13.1. The fraction of sp³-hybridized carbons (Fsp3) is 0.500. The zero-order chi connectivity index (χ0) is 12.8. The molecule has 2 rings (SSSR count). The Labute approximate surface area is 111 Å². The standard InChI is InChI=1S/C12H16ClN3O2/c13-11-5-4-10(18-11)8-14-15-12(17)9-16-6-2-1-3-7-16/h4-5,8H,1-3,6-7,9H2,(H,15,17). The Morgan fingerprint density at radius 3 is 2.89 bits per heavy atom. The molecule has 0 bridgehead atoms. The maximum absolute atomic E-state index is 11.6. The van der Waals surface area contributed by atoms with Crippen LogP contribution in [-0.2, 0) is 4.79 Å². The van der Waals surface area contributed by atoms with E-state index in [2.05, 4.69) is 15.4 Å². The number of nitrogens with zero attached hydrogens (tertiary/aromatic N) is 2. The van der Waals surface area contributed by atoms with E-state index < -0.39 is 0 Å². The third-order valence-corrected chi connectivity index (χ3v) is 2.99. The summed E-state index contributed by atoms with van der Waals surface area (Å²) in [6, 6.07) is 3.31. The molecule has 18 heavy (non-hydrogen) atoms. The lowest BCUT2D eigenvalue weighted by Gasteiger charge is -2.25. The molecule has 1 aliphatic rings. The van der Waals surface area contributed by atoms with Crippen LogP contribution in [0.3, 0.4) is 0 Å². The van der Waals surface area contributed by atoms with Gasteiger partial charge in [0.05, 0.1) is 12.8 Å². The first-order valence-corrected chi connectivity index (χ1v) is 6.41. The summed E-state index contributed by atoms with van der Waals surface area (Å²) in [6.07, 6.45) is 5.03. The van der Waals surface area contributed by atoms with Gasteiger partial charge in [0.1, 0.15) is 5.76 Å². The average molecular weight is 270 g/mol. The van der Waals surface area contributed by atoms with E-state index in [1.54, 1.807) is 12.1 Å². The minimum Gasteiger partial charge on any atom is -0.444 e. The zero-order valence-corrected chi connectivity index (χ0v) is 10.8. The van der Waals surface area contributed by atoms with Gasteiger partial charge in [0.2, 0.25) is 0 Å². The molecule has 0 saturated carbocycles. The fourth-order valence-corrected chi connectivity index (χ4v) is 2.07. The Balaban J connectivity index is 1.72. The van der Waals surface area contributed by atoms with Crippen LogP contribution in [0, 0.1) is 0 Å². The summed E-state index contributed by atoms with van der Waals surface area (Å²) in [5.74, 6) is 0.407. The minimum absolute atomic E-state index is 0.106. The van der Waals surface area contributed by atoms with Crippen molar-refractivity contribution in [2.45, 2.75) is 19.3 Å². The van der Waals surface area contributed by atoms with Crippen LogP contribution in [0.15, 0.2) is 21.7 Å². The van der Waals surface area contributed by atoms with E-state index in [0.717, 1.165) is 13.1 Å². The highest BCUT2D eigenvalue weighted by molar-refractivity contribution is 6.28. The van der Waals surface area contributed by atoms with Crippen LogP contribution in [0.4, 0.5) is 0 Å². The Hall–Kier alpha value is -1.33. The molecule has 0 radical (unpaired) electrons. The second-order valence-electron chi connectivity index (χ2n) is 4.27. The van der Waals surface area contributed by atoms with Crippen LogP contribution in [0.1, 0.15) is 25.0 Å². The molecule has 6 heteroatoms. The van der Waals surface area contributed by atoms with E-state index in [9.17, 15) is 4.79 Å². The lowest BCUT2D eigenvalue weighted by molar-refractivity contribution is -0.122. The Bertz CT molecular complexity index is 425. The highest BCUT2D eigenvalue weighted by atomic mass is 35.5. The quantitative estimate of drug-likeness (QED) is 0.671. The molecule has 1 N–H and O–H groups in total. The summed E-state index contributed by atoms with van der Waals surface area (Å²) >= 11 is 5.61. The Morgan fingerprint density at radius 2 is 2.22 bits per heavy atom. The lowest BCUT2D eigenvalue weighted by Crippen LogP contribution is -2.38. The maximum atomic E-state index is 11.6. The van der Waals surface area contributed by atoms with Crippen LogP contribution in [0.25, 0.3) is 0 Å². The summed E-state index contributed by atoms with van der Waals surface area (Å²) in [4.78, 5) is 13.7. The van der Waals surface area contributed by atoms with E-state index in [4.69, 9.17) is 16.0 Å². The molecule has 0 aromatic carbocycles. The molecule has 1 saturated heterocycles. The molecule has 1 aromatic rings. The van der Waals surface area contributed by atoms with Crippen molar-refractivity contribution in [1.29, 1.82) is 0 Å². The first-order chi connectivity index (χ1) is 8.74. The van der Waals surface area contributed by atoms with Crippen molar-refractivity contribution in [1.82, 2.24) is 10.3 Å². The summed E-state index contributed by atoms with van der Waals surface area (Å²) in [7, 11) is 0. The van der Waals surface area contributed by atoms with E-state index in [1.165, 1.54) is 25.5 Å². The molecule has 5 nitrogen and oxygen atoms in total. The molecule has 0 atom stereocenters. The van der Waals surface area contributed by atoms with Crippen molar-refractivity contribution in [3.05, 3.63) is 23.1 Å². The Morgan fingerprint density at radius 1 is 1.44 bits per heavy atom. The second kappa shape index (κ2) is 6.56. The summed E-state index contributed by atoms with van der Waals surface area (Å²) in [5.41, 5.74) is 2.47. The van der Waals surface area contributed by atoms with Crippen LogP contribution in [0.2, 0.25) is 5.22 Å².